The summed E-state index contributed by atoms with van der Waals surface area (Å²) in [5, 5.41) is 0. The maximum absolute atomic E-state index is 12.2. The number of nitrogens with two attached hydrogens (primary N) is 1. The number of ether oxygens (including phenoxy) is 1. The molecule has 1 atom stereocenters. The fourth-order valence-electron chi connectivity index (χ4n) is 2.31. The molecule has 2 rings (SSSR count). The van der Waals surface area contributed by atoms with Crippen molar-refractivity contribution in [3.05, 3.63) is 29.8 Å². The first-order valence-electron chi connectivity index (χ1n) is 6.27. The number of likely N-dealkylation sites (tertiary alicyclic amines) is 1. The topological polar surface area (TPSA) is 55.6 Å². The van der Waals surface area contributed by atoms with Gasteiger partial charge in [-0.05, 0) is 37.1 Å². The SMILES string of the molecule is Cl.NCC1CCCN1C(=O)c1ccc(OC(F)(F)F)cc1. The van der Waals surface area contributed by atoms with Crippen LogP contribution in [0.1, 0.15) is 23.2 Å². The van der Waals surface area contributed by atoms with Crippen LogP contribution in [0, 0.1) is 0 Å². The molecule has 1 heterocycles. The highest BCUT2D eigenvalue weighted by Crippen LogP contribution is 2.24. The Morgan fingerprint density at radius 1 is 1.33 bits per heavy atom. The molecule has 1 aliphatic heterocycles. The number of carbonyl (C=O) groups is 1. The van der Waals surface area contributed by atoms with E-state index in [1.165, 1.54) is 12.1 Å². The normalized spacial score (nSPS) is 18.3. The molecule has 21 heavy (non-hydrogen) atoms. The molecule has 1 aliphatic rings. The van der Waals surface area contributed by atoms with E-state index in [4.69, 9.17) is 5.73 Å². The monoisotopic (exact) mass is 324 g/mol. The number of nitrogens with zero attached hydrogens (tertiary/aromatic N) is 1. The number of hydrogen-bond donors (Lipinski definition) is 1. The molecule has 0 aliphatic carbocycles. The number of alkyl halides is 3. The van der Waals surface area contributed by atoms with Gasteiger partial charge in [-0.1, -0.05) is 0 Å². The van der Waals surface area contributed by atoms with E-state index in [0.29, 0.717) is 18.7 Å². The first-order chi connectivity index (χ1) is 9.40. The summed E-state index contributed by atoms with van der Waals surface area (Å²) in [6.45, 7) is 1.02. The van der Waals surface area contributed by atoms with E-state index in [9.17, 15) is 18.0 Å². The van der Waals surface area contributed by atoms with Gasteiger partial charge in [-0.25, -0.2) is 0 Å². The Labute approximate surface area is 126 Å². The maximum Gasteiger partial charge on any atom is 0.573 e. The van der Waals surface area contributed by atoms with Gasteiger partial charge in [0.2, 0.25) is 0 Å². The average molecular weight is 325 g/mol. The minimum Gasteiger partial charge on any atom is -0.406 e. The highest BCUT2D eigenvalue weighted by molar-refractivity contribution is 5.94. The average Bonchev–Trinajstić information content (AvgIpc) is 2.85. The molecule has 8 heteroatoms. The quantitative estimate of drug-likeness (QED) is 0.929. The molecule has 0 saturated carbocycles. The number of amides is 1. The van der Waals surface area contributed by atoms with E-state index in [-0.39, 0.29) is 30.1 Å². The molecule has 0 bridgehead atoms. The lowest BCUT2D eigenvalue weighted by Gasteiger charge is -2.23. The van der Waals surface area contributed by atoms with E-state index in [2.05, 4.69) is 4.74 Å². The Bertz CT molecular complexity index is 479. The predicted molar refractivity (Wildman–Crippen MR) is 73.5 cm³/mol. The molecule has 1 aromatic carbocycles. The van der Waals surface area contributed by atoms with E-state index >= 15 is 0 Å². The van der Waals surface area contributed by atoms with Crippen LogP contribution in [0.25, 0.3) is 0 Å². The van der Waals surface area contributed by atoms with Gasteiger partial charge in [0.25, 0.3) is 5.91 Å². The molecule has 1 amide bonds. The lowest BCUT2D eigenvalue weighted by Crippen LogP contribution is -2.39. The number of halogens is 4. The van der Waals surface area contributed by atoms with Crippen molar-refractivity contribution in [2.24, 2.45) is 5.73 Å². The van der Waals surface area contributed by atoms with E-state index in [1.54, 1.807) is 4.90 Å². The van der Waals surface area contributed by atoms with E-state index < -0.39 is 6.36 Å². The van der Waals surface area contributed by atoms with Crippen molar-refractivity contribution in [3.63, 3.8) is 0 Å². The molecule has 0 radical (unpaired) electrons. The summed E-state index contributed by atoms with van der Waals surface area (Å²) in [6.07, 6.45) is -2.98. The van der Waals surface area contributed by atoms with Gasteiger partial charge in [-0.3, -0.25) is 4.79 Å². The van der Waals surface area contributed by atoms with Gasteiger partial charge in [0.1, 0.15) is 5.75 Å². The van der Waals surface area contributed by atoms with Crippen molar-refractivity contribution >= 4 is 18.3 Å². The van der Waals surface area contributed by atoms with Gasteiger partial charge in [-0.2, -0.15) is 0 Å². The van der Waals surface area contributed by atoms with Gasteiger partial charge in [0.05, 0.1) is 0 Å². The summed E-state index contributed by atoms with van der Waals surface area (Å²) in [4.78, 5) is 13.9. The standard InChI is InChI=1S/C13H15F3N2O2.ClH/c14-13(15,16)20-11-5-3-9(4-6-11)12(19)18-7-1-2-10(18)8-17;/h3-6,10H,1-2,7-8,17H2;1H. The van der Waals surface area contributed by atoms with Crippen LogP contribution in [0.4, 0.5) is 13.2 Å². The van der Waals surface area contributed by atoms with Gasteiger partial charge in [-0.15, -0.1) is 25.6 Å². The number of carbonyl (C=O) groups excluding carboxylic acids is 1. The van der Waals surface area contributed by atoms with Crippen molar-refractivity contribution in [1.29, 1.82) is 0 Å². The highest BCUT2D eigenvalue weighted by Gasteiger charge is 2.31. The Morgan fingerprint density at radius 2 is 1.95 bits per heavy atom. The molecule has 118 valence electrons. The van der Waals surface area contributed by atoms with Crippen LogP contribution in [0.3, 0.4) is 0 Å². The van der Waals surface area contributed by atoms with E-state index in [0.717, 1.165) is 25.0 Å². The molecule has 1 unspecified atom stereocenters. The van der Waals surface area contributed by atoms with Crippen LogP contribution >= 0.6 is 12.4 Å². The minimum atomic E-state index is -4.73. The fourth-order valence-corrected chi connectivity index (χ4v) is 2.31. The Hall–Kier alpha value is -1.47. The van der Waals surface area contributed by atoms with Crippen LogP contribution in [0.2, 0.25) is 0 Å². The number of hydrogen-bond acceptors (Lipinski definition) is 3. The third-order valence-corrected chi connectivity index (χ3v) is 3.24. The van der Waals surface area contributed by atoms with Gasteiger partial charge in [0, 0.05) is 24.7 Å². The Kier molecular flexibility index (Phi) is 5.86. The van der Waals surface area contributed by atoms with Crippen LogP contribution in [0.15, 0.2) is 24.3 Å². The van der Waals surface area contributed by atoms with Crippen molar-refractivity contribution in [2.75, 3.05) is 13.1 Å². The first kappa shape index (κ1) is 17.6. The van der Waals surface area contributed by atoms with Crippen molar-refractivity contribution in [3.8, 4) is 5.75 Å². The second kappa shape index (κ2) is 7.00. The molecule has 1 aromatic rings. The predicted octanol–water partition coefficient (Wildman–Crippen LogP) is 2.57. The summed E-state index contributed by atoms with van der Waals surface area (Å²) in [7, 11) is 0. The van der Waals surface area contributed by atoms with Crippen LogP contribution in [-0.2, 0) is 0 Å². The smallest absolute Gasteiger partial charge is 0.406 e. The lowest BCUT2D eigenvalue weighted by atomic mass is 10.1. The Morgan fingerprint density at radius 3 is 2.48 bits per heavy atom. The fraction of sp³-hybridized carbons (Fsp3) is 0.462. The molecule has 0 aromatic heterocycles. The summed E-state index contributed by atoms with van der Waals surface area (Å²) < 4.78 is 39.9. The van der Waals surface area contributed by atoms with Crippen molar-refractivity contribution in [2.45, 2.75) is 25.2 Å². The second-order valence-electron chi connectivity index (χ2n) is 4.60. The van der Waals surface area contributed by atoms with Crippen molar-refractivity contribution < 1.29 is 22.7 Å². The summed E-state index contributed by atoms with van der Waals surface area (Å²) in [5.41, 5.74) is 5.93. The highest BCUT2D eigenvalue weighted by atomic mass is 35.5. The molecule has 1 fully saturated rings. The largest absolute Gasteiger partial charge is 0.573 e. The molecular weight excluding hydrogens is 309 g/mol. The zero-order chi connectivity index (χ0) is 14.8. The molecule has 2 N–H and O–H groups in total. The first-order valence-corrected chi connectivity index (χ1v) is 6.27. The zero-order valence-corrected chi connectivity index (χ0v) is 11.9. The van der Waals surface area contributed by atoms with Crippen LogP contribution in [-0.4, -0.2) is 36.3 Å². The zero-order valence-electron chi connectivity index (χ0n) is 11.1. The van der Waals surface area contributed by atoms with Crippen LogP contribution < -0.4 is 10.5 Å². The third-order valence-electron chi connectivity index (χ3n) is 3.24. The summed E-state index contributed by atoms with van der Waals surface area (Å²) in [6, 6.07) is 4.93. The van der Waals surface area contributed by atoms with Gasteiger partial charge >= 0.3 is 6.36 Å². The second-order valence-corrected chi connectivity index (χ2v) is 4.60. The molecule has 1 saturated heterocycles. The number of benzene rings is 1. The molecule has 4 nitrogen and oxygen atoms in total. The molecular formula is C13H16ClF3N2O2. The maximum atomic E-state index is 12.2. The lowest BCUT2D eigenvalue weighted by molar-refractivity contribution is -0.274. The molecule has 0 spiro atoms. The minimum absolute atomic E-state index is 0. The van der Waals surface area contributed by atoms with Gasteiger partial charge < -0.3 is 15.4 Å². The summed E-state index contributed by atoms with van der Waals surface area (Å²) in [5.74, 6) is -0.553. The Balaban J connectivity index is 0.00000220. The van der Waals surface area contributed by atoms with Gasteiger partial charge in [0.15, 0.2) is 0 Å². The summed E-state index contributed by atoms with van der Waals surface area (Å²) >= 11 is 0. The van der Waals surface area contributed by atoms with Crippen LogP contribution in [0.5, 0.6) is 5.75 Å². The van der Waals surface area contributed by atoms with E-state index in [1.807, 2.05) is 0 Å². The third kappa shape index (κ3) is 4.50. The van der Waals surface area contributed by atoms with Crippen molar-refractivity contribution in [1.82, 2.24) is 4.90 Å². The number of rotatable bonds is 3.